The van der Waals surface area contributed by atoms with Gasteiger partial charge in [0.25, 0.3) is 0 Å². The van der Waals surface area contributed by atoms with Crippen molar-refractivity contribution in [3.63, 3.8) is 0 Å². The lowest BCUT2D eigenvalue weighted by atomic mass is 10.0. The monoisotopic (exact) mass is 408 g/mol. The number of aromatic nitrogens is 2. The quantitative estimate of drug-likeness (QED) is 0.663. The minimum atomic E-state index is -0.387. The molecule has 0 aliphatic carbocycles. The molecule has 1 aromatic heterocycles. The van der Waals surface area contributed by atoms with Gasteiger partial charge in [0.15, 0.2) is 0 Å². The first kappa shape index (κ1) is 19.7. The summed E-state index contributed by atoms with van der Waals surface area (Å²) < 4.78 is 3.91. The fourth-order valence-electron chi connectivity index (χ4n) is 4.70. The molecule has 4 atom stereocenters. The van der Waals surface area contributed by atoms with Gasteiger partial charge in [0.2, 0.25) is 11.8 Å². The maximum Gasteiger partial charge on any atom is 0.239 e. The van der Waals surface area contributed by atoms with E-state index in [0.717, 1.165) is 18.7 Å². The Labute approximate surface area is 168 Å². The average Bonchev–Trinajstić information content (AvgIpc) is 3.41. The van der Waals surface area contributed by atoms with E-state index in [4.69, 9.17) is 0 Å². The number of likely N-dealkylation sites (N-methyl/N-ethyl adjacent to an activating group) is 1. The first-order valence-corrected chi connectivity index (χ1v) is 10.8. The zero-order valence-corrected chi connectivity index (χ0v) is 17.0. The van der Waals surface area contributed by atoms with Crippen LogP contribution in [0.15, 0.2) is 5.38 Å². The van der Waals surface area contributed by atoms with E-state index in [9.17, 15) is 14.7 Å². The Kier molecular flexibility index (Phi) is 5.91. The van der Waals surface area contributed by atoms with Gasteiger partial charge < -0.3 is 15.3 Å². The molecule has 0 aromatic carbocycles. The molecule has 4 rings (SSSR count). The van der Waals surface area contributed by atoms with Crippen LogP contribution in [0.25, 0.3) is 0 Å². The van der Waals surface area contributed by atoms with Crippen molar-refractivity contribution >= 4 is 23.3 Å². The lowest BCUT2D eigenvalue weighted by molar-refractivity contribution is -0.131. The highest BCUT2D eigenvalue weighted by Crippen LogP contribution is 2.28. The number of nitrogens with zero attached hydrogens (tertiary/aromatic N) is 5. The van der Waals surface area contributed by atoms with Crippen molar-refractivity contribution in [2.45, 2.75) is 56.5 Å². The van der Waals surface area contributed by atoms with E-state index in [1.165, 1.54) is 11.5 Å². The van der Waals surface area contributed by atoms with Gasteiger partial charge in [0.1, 0.15) is 6.04 Å². The van der Waals surface area contributed by atoms with Crippen molar-refractivity contribution in [1.82, 2.24) is 29.6 Å². The summed E-state index contributed by atoms with van der Waals surface area (Å²) in [4.78, 5) is 31.5. The third-order valence-corrected chi connectivity index (χ3v) is 6.88. The third-order valence-electron chi connectivity index (χ3n) is 6.33. The molecular weight excluding hydrogens is 380 g/mol. The zero-order chi connectivity index (χ0) is 19.7. The van der Waals surface area contributed by atoms with Gasteiger partial charge in [-0.3, -0.25) is 19.4 Å². The molecule has 10 heteroatoms. The SMILES string of the molecule is CN1C(CCC(=O)N2CCC(O)C2)CNC(=O)C2C1CCN2Cc1csnn1. The van der Waals surface area contributed by atoms with Crippen LogP contribution in [-0.2, 0) is 16.1 Å². The fourth-order valence-corrected chi connectivity index (χ4v) is 5.15. The predicted octanol–water partition coefficient (Wildman–Crippen LogP) is -0.715. The molecule has 0 bridgehead atoms. The smallest absolute Gasteiger partial charge is 0.239 e. The minimum Gasteiger partial charge on any atom is -0.391 e. The van der Waals surface area contributed by atoms with Crippen LogP contribution in [0.4, 0.5) is 0 Å². The first-order valence-electron chi connectivity index (χ1n) is 9.98. The summed E-state index contributed by atoms with van der Waals surface area (Å²) in [6.07, 6.45) is 2.36. The Hall–Kier alpha value is -1.62. The molecule has 28 heavy (non-hydrogen) atoms. The predicted molar refractivity (Wildman–Crippen MR) is 104 cm³/mol. The Morgan fingerprint density at radius 1 is 1.39 bits per heavy atom. The van der Waals surface area contributed by atoms with Gasteiger partial charge in [-0.1, -0.05) is 4.49 Å². The second-order valence-corrected chi connectivity index (χ2v) is 8.66. The zero-order valence-electron chi connectivity index (χ0n) is 16.2. The highest BCUT2D eigenvalue weighted by Gasteiger charge is 2.45. The van der Waals surface area contributed by atoms with Gasteiger partial charge in [0, 0.05) is 56.6 Å². The van der Waals surface area contributed by atoms with Crippen LogP contribution in [0.5, 0.6) is 0 Å². The summed E-state index contributed by atoms with van der Waals surface area (Å²) in [5, 5.41) is 18.8. The highest BCUT2D eigenvalue weighted by molar-refractivity contribution is 7.03. The number of amides is 2. The Balaban J connectivity index is 1.37. The van der Waals surface area contributed by atoms with E-state index in [0.29, 0.717) is 45.4 Å². The number of aliphatic hydroxyl groups excluding tert-OH is 1. The van der Waals surface area contributed by atoms with Gasteiger partial charge >= 0.3 is 0 Å². The standard InChI is InChI=1S/C18H28N6O3S/c1-22-13(2-3-16(26)23-6-4-14(25)10-23)8-19-18(27)17-15(22)5-7-24(17)9-12-11-28-21-20-12/h11,13-15,17,25H,2-10H2,1H3,(H,19,27). The summed E-state index contributed by atoms with van der Waals surface area (Å²) in [6.45, 7) is 3.13. The Morgan fingerprint density at radius 2 is 2.25 bits per heavy atom. The third kappa shape index (κ3) is 4.05. The van der Waals surface area contributed by atoms with Crippen molar-refractivity contribution in [3.05, 3.63) is 11.1 Å². The van der Waals surface area contributed by atoms with Crippen LogP contribution in [-0.4, -0.2) is 98.7 Å². The molecule has 3 aliphatic heterocycles. The molecule has 9 nitrogen and oxygen atoms in total. The molecule has 1 aromatic rings. The number of hydrogen-bond acceptors (Lipinski definition) is 8. The van der Waals surface area contributed by atoms with E-state index in [1.807, 2.05) is 5.38 Å². The number of carbonyl (C=O) groups excluding carboxylic acids is 2. The summed E-state index contributed by atoms with van der Waals surface area (Å²) in [5.41, 5.74) is 0.903. The highest BCUT2D eigenvalue weighted by atomic mass is 32.1. The van der Waals surface area contributed by atoms with Crippen molar-refractivity contribution in [3.8, 4) is 0 Å². The molecule has 3 saturated heterocycles. The molecule has 0 spiro atoms. The number of fused-ring (bicyclic) bond motifs is 1. The molecule has 154 valence electrons. The normalized spacial score (nSPS) is 31.6. The average molecular weight is 409 g/mol. The van der Waals surface area contributed by atoms with Crippen LogP contribution >= 0.6 is 11.5 Å². The van der Waals surface area contributed by atoms with Crippen LogP contribution in [0.2, 0.25) is 0 Å². The molecule has 2 N–H and O–H groups in total. The van der Waals surface area contributed by atoms with Crippen molar-refractivity contribution in [1.29, 1.82) is 0 Å². The molecule has 0 saturated carbocycles. The number of β-amino-alcohol motifs (C(OH)–C–C–N with tert-alkyl or cyclic N) is 1. The number of nitrogens with one attached hydrogen (secondary N) is 1. The number of aliphatic hydroxyl groups is 1. The molecule has 4 heterocycles. The molecule has 3 aliphatic rings. The van der Waals surface area contributed by atoms with Gasteiger partial charge in [-0.25, -0.2) is 0 Å². The van der Waals surface area contributed by atoms with E-state index in [2.05, 4.69) is 31.8 Å². The summed E-state index contributed by atoms with van der Waals surface area (Å²) in [5.74, 6) is 0.162. The largest absolute Gasteiger partial charge is 0.391 e. The molecule has 2 amide bonds. The van der Waals surface area contributed by atoms with E-state index in [-0.39, 0.29) is 36.0 Å². The fraction of sp³-hybridized carbons (Fsp3) is 0.778. The van der Waals surface area contributed by atoms with Crippen LogP contribution in [0.3, 0.4) is 0 Å². The Morgan fingerprint density at radius 3 is 2.96 bits per heavy atom. The summed E-state index contributed by atoms with van der Waals surface area (Å²) in [6, 6.07) is 0.0836. The van der Waals surface area contributed by atoms with E-state index < -0.39 is 0 Å². The second kappa shape index (κ2) is 8.40. The van der Waals surface area contributed by atoms with Crippen LogP contribution in [0.1, 0.15) is 31.4 Å². The summed E-state index contributed by atoms with van der Waals surface area (Å²) in [7, 11) is 2.07. The number of carbonyl (C=O) groups is 2. The van der Waals surface area contributed by atoms with Crippen LogP contribution in [0, 0.1) is 0 Å². The van der Waals surface area contributed by atoms with E-state index in [1.54, 1.807) is 4.90 Å². The van der Waals surface area contributed by atoms with Crippen molar-refractivity contribution in [2.24, 2.45) is 0 Å². The molecule has 0 radical (unpaired) electrons. The molecule has 3 fully saturated rings. The number of likely N-dealkylation sites (tertiary alicyclic amines) is 2. The maximum atomic E-state index is 12.8. The van der Waals surface area contributed by atoms with Crippen LogP contribution < -0.4 is 5.32 Å². The van der Waals surface area contributed by atoms with E-state index >= 15 is 0 Å². The van der Waals surface area contributed by atoms with Gasteiger partial charge in [-0.05, 0) is 37.8 Å². The van der Waals surface area contributed by atoms with Crippen molar-refractivity contribution in [2.75, 3.05) is 33.2 Å². The first-order chi connectivity index (χ1) is 13.5. The second-order valence-electron chi connectivity index (χ2n) is 8.05. The lowest BCUT2D eigenvalue weighted by Gasteiger charge is -2.33. The number of hydrogen-bond donors (Lipinski definition) is 2. The lowest BCUT2D eigenvalue weighted by Crippen LogP contribution is -2.49. The maximum absolute atomic E-state index is 12.8. The number of rotatable bonds is 5. The van der Waals surface area contributed by atoms with Crippen molar-refractivity contribution < 1.29 is 14.7 Å². The molecular formula is C18H28N6O3S. The van der Waals surface area contributed by atoms with Gasteiger partial charge in [-0.2, -0.15) is 0 Å². The van der Waals surface area contributed by atoms with Gasteiger partial charge in [-0.15, -0.1) is 5.10 Å². The molecule has 4 unspecified atom stereocenters. The minimum absolute atomic E-state index is 0.0639. The summed E-state index contributed by atoms with van der Waals surface area (Å²) >= 11 is 1.33. The topological polar surface area (TPSA) is 102 Å². The Bertz CT molecular complexity index is 702. The van der Waals surface area contributed by atoms with Gasteiger partial charge in [0.05, 0.1) is 11.8 Å².